The molecule has 4 heteroatoms. The van der Waals surface area contributed by atoms with Crippen molar-refractivity contribution in [3.05, 3.63) is 34.1 Å². The number of hydrogen-bond donors (Lipinski definition) is 2. The van der Waals surface area contributed by atoms with Gasteiger partial charge >= 0.3 is 0 Å². The molecule has 0 bridgehead atoms. The van der Waals surface area contributed by atoms with E-state index >= 15 is 0 Å². The van der Waals surface area contributed by atoms with Crippen LogP contribution in [0.2, 0.25) is 0 Å². The van der Waals surface area contributed by atoms with Crippen molar-refractivity contribution in [1.29, 1.82) is 0 Å². The Morgan fingerprint density at radius 3 is 2.79 bits per heavy atom. The quantitative estimate of drug-likeness (QED) is 0.873. The fourth-order valence-electron chi connectivity index (χ4n) is 1.36. The zero-order valence-electron chi connectivity index (χ0n) is 8.14. The van der Waals surface area contributed by atoms with Crippen molar-refractivity contribution in [3.63, 3.8) is 0 Å². The molecule has 1 rings (SSSR count). The fraction of sp³-hybridized carbons (Fsp3) is 0.400. The molecule has 0 spiro atoms. The predicted molar refractivity (Wildman–Crippen MR) is 57.6 cm³/mol. The molecule has 0 amide bonds. The average Bonchev–Trinajstić information content (AvgIpc) is 2.09. The van der Waals surface area contributed by atoms with Gasteiger partial charge in [0.1, 0.15) is 11.4 Å². The molecule has 0 radical (unpaired) electrons. The first kappa shape index (κ1) is 11.6. The minimum Gasteiger partial charge on any atom is -0.384 e. The molecule has 0 fully saturated rings. The lowest BCUT2D eigenvalue weighted by Crippen LogP contribution is -2.34. The zero-order chi connectivity index (χ0) is 10.8. The van der Waals surface area contributed by atoms with Crippen molar-refractivity contribution in [2.24, 2.45) is 0 Å². The van der Waals surface area contributed by atoms with E-state index in [2.05, 4.69) is 21.2 Å². The van der Waals surface area contributed by atoms with E-state index < -0.39 is 11.4 Å². The summed E-state index contributed by atoms with van der Waals surface area (Å²) < 4.78 is 14.0. The van der Waals surface area contributed by atoms with E-state index in [9.17, 15) is 9.50 Å². The van der Waals surface area contributed by atoms with E-state index in [4.69, 9.17) is 0 Å². The van der Waals surface area contributed by atoms with Gasteiger partial charge in [-0.25, -0.2) is 4.39 Å². The maximum Gasteiger partial charge on any atom is 0.143 e. The highest BCUT2D eigenvalue weighted by atomic mass is 79.9. The molecule has 78 valence electrons. The normalized spacial score (nSPS) is 15.2. The summed E-state index contributed by atoms with van der Waals surface area (Å²) >= 11 is 3.08. The Kier molecular flexibility index (Phi) is 3.64. The van der Waals surface area contributed by atoms with Gasteiger partial charge in [0.2, 0.25) is 0 Å². The first-order chi connectivity index (χ1) is 6.49. The summed E-state index contributed by atoms with van der Waals surface area (Å²) in [5, 5.41) is 12.8. The Hall–Kier alpha value is -0.450. The number of aliphatic hydroxyl groups is 1. The number of benzene rings is 1. The molecular weight excluding hydrogens is 249 g/mol. The van der Waals surface area contributed by atoms with Crippen LogP contribution in [0.1, 0.15) is 12.5 Å². The van der Waals surface area contributed by atoms with Gasteiger partial charge in [-0.05, 0) is 36.0 Å². The zero-order valence-corrected chi connectivity index (χ0v) is 9.73. The van der Waals surface area contributed by atoms with Crippen LogP contribution in [-0.4, -0.2) is 18.7 Å². The summed E-state index contributed by atoms with van der Waals surface area (Å²) in [5.74, 6) is -0.409. The maximum absolute atomic E-state index is 13.6. The van der Waals surface area contributed by atoms with Crippen LogP contribution in [0.25, 0.3) is 0 Å². The van der Waals surface area contributed by atoms with Crippen molar-refractivity contribution in [2.45, 2.75) is 12.5 Å². The smallest absolute Gasteiger partial charge is 0.143 e. The highest BCUT2D eigenvalue weighted by Crippen LogP contribution is 2.27. The Morgan fingerprint density at radius 1 is 1.57 bits per heavy atom. The molecule has 0 aliphatic rings. The molecule has 2 nitrogen and oxygen atoms in total. The maximum atomic E-state index is 13.6. The van der Waals surface area contributed by atoms with Gasteiger partial charge in [-0.15, -0.1) is 0 Å². The van der Waals surface area contributed by atoms with Crippen molar-refractivity contribution in [2.75, 3.05) is 13.6 Å². The third kappa shape index (κ3) is 2.32. The summed E-state index contributed by atoms with van der Waals surface area (Å²) in [6.07, 6.45) is 0. The second-order valence-electron chi connectivity index (χ2n) is 3.41. The molecule has 0 saturated heterocycles. The average molecular weight is 262 g/mol. The summed E-state index contributed by atoms with van der Waals surface area (Å²) in [4.78, 5) is 0. The van der Waals surface area contributed by atoms with Gasteiger partial charge in [0.05, 0.1) is 4.47 Å². The third-order valence-electron chi connectivity index (χ3n) is 2.05. The number of nitrogens with one attached hydrogen (secondary N) is 1. The number of hydrogen-bond acceptors (Lipinski definition) is 2. The second-order valence-corrected chi connectivity index (χ2v) is 4.26. The first-order valence-electron chi connectivity index (χ1n) is 4.30. The molecule has 1 aromatic rings. The van der Waals surface area contributed by atoms with Crippen LogP contribution in [0.15, 0.2) is 22.7 Å². The molecule has 1 aromatic carbocycles. The lowest BCUT2D eigenvalue weighted by atomic mass is 9.95. The minimum atomic E-state index is -1.19. The highest BCUT2D eigenvalue weighted by Gasteiger charge is 2.26. The Morgan fingerprint density at radius 2 is 2.21 bits per heavy atom. The standard InChI is InChI=1S/C10H13BrFNO/c1-10(14,6-13-2)7-4-3-5-8(11)9(7)12/h3-5,13-14H,6H2,1-2H3. The van der Waals surface area contributed by atoms with E-state index in [1.807, 2.05) is 0 Å². The van der Waals surface area contributed by atoms with Crippen LogP contribution in [0.5, 0.6) is 0 Å². The molecule has 1 atom stereocenters. The monoisotopic (exact) mass is 261 g/mol. The molecule has 0 aliphatic heterocycles. The summed E-state index contributed by atoms with van der Waals surface area (Å²) in [6.45, 7) is 1.88. The van der Waals surface area contributed by atoms with Crippen molar-refractivity contribution in [3.8, 4) is 0 Å². The molecule has 1 unspecified atom stereocenters. The Bertz CT molecular complexity index is 328. The van der Waals surface area contributed by atoms with E-state index in [0.29, 0.717) is 16.6 Å². The molecule has 0 aromatic heterocycles. The number of rotatable bonds is 3. The van der Waals surface area contributed by atoms with Crippen LogP contribution in [0.3, 0.4) is 0 Å². The van der Waals surface area contributed by atoms with Gasteiger partial charge in [0.15, 0.2) is 0 Å². The second kappa shape index (κ2) is 4.38. The van der Waals surface area contributed by atoms with Gasteiger partial charge in [-0.2, -0.15) is 0 Å². The Balaban J connectivity index is 3.12. The van der Waals surface area contributed by atoms with Crippen molar-refractivity contribution in [1.82, 2.24) is 5.32 Å². The van der Waals surface area contributed by atoms with Crippen LogP contribution >= 0.6 is 15.9 Å². The predicted octanol–water partition coefficient (Wildman–Crippen LogP) is 2.02. The van der Waals surface area contributed by atoms with Crippen molar-refractivity contribution < 1.29 is 9.50 Å². The van der Waals surface area contributed by atoms with Gasteiger partial charge in [-0.1, -0.05) is 12.1 Å². The first-order valence-corrected chi connectivity index (χ1v) is 5.10. The summed E-state index contributed by atoms with van der Waals surface area (Å²) in [5.41, 5.74) is -0.899. The lowest BCUT2D eigenvalue weighted by Gasteiger charge is -2.24. The van der Waals surface area contributed by atoms with Gasteiger partial charge < -0.3 is 10.4 Å². The Labute approximate surface area is 91.3 Å². The van der Waals surface area contributed by atoms with E-state index in [0.717, 1.165) is 0 Å². The molecule has 0 heterocycles. The number of halogens is 2. The molecule has 0 aliphatic carbocycles. The van der Waals surface area contributed by atoms with E-state index in [1.165, 1.54) is 0 Å². The summed E-state index contributed by atoms with van der Waals surface area (Å²) in [6, 6.07) is 4.89. The van der Waals surface area contributed by atoms with Gasteiger partial charge in [0.25, 0.3) is 0 Å². The fourth-order valence-corrected chi connectivity index (χ4v) is 1.73. The third-order valence-corrected chi connectivity index (χ3v) is 2.67. The minimum absolute atomic E-state index is 0.293. The number of likely N-dealkylation sites (N-methyl/N-ethyl adjacent to an activating group) is 1. The largest absolute Gasteiger partial charge is 0.384 e. The highest BCUT2D eigenvalue weighted by molar-refractivity contribution is 9.10. The molecule has 0 saturated carbocycles. The van der Waals surface area contributed by atoms with Crippen LogP contribution in [0.4, 0.5) is 4.39 Å². The van der Waals surface area contributed by atoms with Crippen LogP contribution in [0, 0.1) is 5.82 Å². The van der Waals surface area contributed by atoms with Gasteiger partial charge in [-0.3, -0.25) is 0 Å². The SMILES string of the molecule is CNCC(C)(O)c1cccc(Br)c1F. The van der Waals surface area contributed by atoms with Crippen LogP contribution < -0.4 is 5.32 Å². The summed E-state index contributed by atoms with van der Waals surface area (Å²) in [7, 11) is 1.71. The van der Waals surface area contributed by atoms with Gasteiger partial charge in [0, 0.05) is 12.1 Å². The lowest BCUT2D eigenvalue weighted by molar-refractivity contribution is 0.0552. The van der Waals surface area contributed by atoms with E-state index in [-0.39, 0.29) is 0 Å². The van der Waals surface area contributed by atoms with Crippen molar-refractivity contribution >= 4 is 15.9 Å². The molecule has 2 N–H and O–H groups in total. The van der Waals surface area contributed by atoms with E-state index in [1.54, 1.807) is 32.2 Å². The molecule has 14 heavy (non-hydrogen) atoms. The topological polar surface area (TPSA) is 32.3 Å². The molecular formula is C10H13BrFNO. The van der Waals surface area contributed by atoms with Crippen LogP contribution in [-0.2, 0) is 5.60 Å².